The Morgan fingerprint density at radius 2 is 1.97 bits per heavy atom. The van der Waals surface area contributed by atoms with Gasteiger partial charge in [-0.15, -0.1) is 0 Å². The zero-order valence-electron chi connectivity index (χ0n) is 16.3. The van der Waals surface area contributed by atoms with E-state index in [0.29, 0.717) is 30.4 Å². The molecule has 4 rings (SSSR count). The van der Waals surface area contributed by atoms with E-state index in [0.717, 1.165) is 22.3 Å². The zero-order valence-corrected chi connectivity index (χ0v) is 16.3. The van der Waals surface area contributed by atoms with E-state index < -0.39 is 5.97 Å². The predicted octanol–water partition coefficient (Wildman–Crippen LogP) is 4.20. The lowest BCUT2D eigenvalue weighted by Gasteiger charge is -2.09. The minimum Gasteiger partial charge on any atom is -0.492 e. The predicted molar refractivity (Wildman–Crippen MR) is 115 cm³/mol. The van der Waals surface area contributed by atoms with Gasteiger partial charge in [-0.1, -0.05) is 42.2 Å². The highest BCUT2D eigenvalue weighted by Crippen LogP contribution is 2.38. The molecule has 1 unspecified atom stereocenters. The minimum absolute atomic E-state index is 0.0651. The van der Waals surface area contributed by atoms with Crippen molar-refractivity contribution in [1.29, 1.82) is 0 Å². The normalized spacial score (nSPS) is 14.2. The lowest BCUT2D eigenvalue weighted by Crippen LogP contribution is -2.07. The van der Waals surface area contributed by atoms with Crippen LogP contribution in [0, 0.1) is 11.8 Å². The van der Waals surface area contributed by atoms with Gasteiger partial charge < -0.3 is 20.3 Å². The second-order valence-electron chi connectivity index (χ2n) is 7.13. The third-order valence-corrected chi connectivity index (χ3v) is 4.92. The van der Waals surface area contributed by atoms with Gasteiger partial charge in [-0.3, -0.25) is 4.79 Å². The van der Waals surface area contributed by atoms with E-state index in [-0.39, 0.29) is 12.3 Å². The summed E-state index contributed by atoms with van der Waals surface area (Å²) < 4.78 is 11.5. The standard InChI is InChI=1S/C25H21NO4/c26-23-7-2-1-6-19(23)9-8-17-4-3-5-18(12-17)15-29-21-10-11-22-20(13-25(27)28)16-30-24(22)14-21/h1-7,10-12,14,20H,13,15-16,26H2,(H,27,28). The van der Waals surface area contributed by atoms with Crippen molar-refractivity contribution in [2.75, 3.05) is 12.3 Å². The maximum absolute atomic E-state index is 11.0. The fourth-order valence-electron chi connectivity index (χ4n) is 3.38. The SMILES string of the molecule is Nc1ccccc1C#Cc1cccc(COc2ccc3c(c2)OCC3CC(=O)O)c1. The van der Waals surface area contributed by atoms with Gasteiger partial charge in [-0.2, -0.15) is 0 Å². The highest BCUT2D eigenvalue weighted by Gasteiger charge is 2.26. The van der Waals surface area contributed by atoms with Crippen molar-refractivity contribution in [2.45, 2.75) is 18.9 Å². The van der Waals surface area contributed by atoms with E-state index in [1.165, 1.54) is 0 Å². The van der Waals surface area contributed by atoms with Crippen LogP contribution in [0.25, 0.3) is 0 Å². The molecule has 1 heterocycles. The van der Waals surface area contributed by atoms with E-state index in [4.69, 9.17) is 20.3 Å². The van der Waals surface area contributed by atoms with Gasteiger partial charge in [0.15, 0.2) is 0 Å². The number of nitrogens with two attached hydrogens (primary N) is 1. The average molecular weight is 399 g/mol. The molecule has 0 bridgehead atoms. The molecule has 30 heavy (non-hydrogen) atoms. The molecule has 0 aromatic heterocycles. The Labute approximate surface area is 175 Å². The van der Waals surface area contributed by atoms with Gasteiger partial charge in [0.2, 0.25) is 0 Å². The summed E-state index contributed by atoms with van der Waals surface area (Å²) in [5, 5.41) is 9.01. The van der Waals surface area contributed by atoms with Crippen molar-refractivity contribution in [1.82, 2.24) is 0 Å². The molecule has 3 aromatic carbocycles. The van der Waals surface area contributed by atoms with Crippen LogP contribution in [-0.2, 0) is 11.4 Å². The van der Waals surface area contributed by atoms with E-state index >= 15 is 0 Å². The van der Waals surface area contributed by atoms with Crippen LogP contribution in [0.5, 0.6) is 11.5 Å². The molecule has 5 heteroatoms. The summed E-state index contributed by atoms with van der Waals surface area (Å²) in [4.78, 5) is 11.0. The molecule has 5 nitrogen and oxygen atoms in total. The molecular weight excluding hydrogens is 378 g/mol. The second kappa shape index (κ2) is 8.62. The number of benzene rings is 3. The number of nitrogen functional groups attached to an aromatic ring is 1. The van der Waals surface area contributed by atoms with Crippen LogP contribution >= 0.6 is 0 Å². The van der Waals surface area contributed by atoms with Gasteiger partial charge in [-0.05, 0) is 35.9 Å². The number of fused-ring (bicyclic) bond motifs is 1. The number of carboxylic acid groups (broad SMARTS) is 1. The number of carbonyl (C=O) groups is 1. The molecule has 0 aliphatic carbocycles. The van der Waals surface area contributed by atoms with Gasteiger partial charge in [0.25, 0.3) is 0 Å². The molecule has 0 spiro atoms. The topological polar surface area (TPSA) is 81.8 Å². The number of carboxylic acids is 1. The minimum atomic E-state index is -0.824. The van der Waals surface area contributed by atoms with Crippen LogP contribution < -0.4 is 15.2 Å². The lowest BCUT2D eigenvalue weighted by molar-refractivity contribution is -0.137. The Bertz CT molecular complexity index is 1140. The average Bonchev–Trinajstić information content (AvgIpc) is 3.13. The van der Waals surface area contributed by atoms with E-state index in [1.54, 1.807) is 0 Å². The Balaban J connectivity index is 1.42. The summed E-state index contributed by atoms with van der Waals surface area (Å²) in [6, 6.07) is 20.9. The second-order valence-corrected chi connectivity index (χ2v) is 7.13. The van der Waals surface area contributed by atoms with Crippen molar-refractivity contribution in [3.8, 4) is 23.3 Å². The fourth-order valence-corrected chi connectivity index (χ4v) is 3.38. The summed E-state index contributed by atoms with van der Waals surface area (Å²) in [6.45, 7) is 0.776. The third-order valence-electron chi connectivity index (χ3n) is 4.92. The highest BCUT2D eigenvalue weighted by molar-refractivity contribution is 5.68. The number of hydrogen-bond acceptors (Lipinski definition) is 4. The highest BCUT2D eigenvalue weighted by atomic mass is 16.5. The quantitative estimate of drug-likeness (QED) is 0.496. The molecule has 0 radical (unpaired) electrons. The first-order valence-electron chi connectivity index (χ1n) is 9.65. The number of aliphatic carboxylic acids is 1. The van der Waals surface area contributed by atoms with E-state index in [1.807, 2.05) is 66.7 Å². The molecule has 0 fully saturated rings. The van der Waals surface area contributed by atoms with Crippen LogP contribution in [0.1, 0.15) is 34.6 Å². The molecule has 0 amide bonds. The first kappa shape index (κ1) is 19.4. The third kappa shape index (κ3) is 4.56. The van der Waals surface area contributed by atoms with Crippen molar-refractivity contribution in [3.63, 3.8) is 0 Å². The fraction of sp³-hybridized carbons (Fsp3) is 0.160. The smallest absolute Gasteiger partial charge is 0.304 e. The van der Waals surface area contributed by atoms with Crippen LogP contribution in [0.3, 0.4) is 0 Å². The lowest BCUT2D eigenvalue weighted by atomic mass is 9.98. The van der Waals surface area contributed by atoms with Crippen molar-refractivity contribution in [3.05, 3.63) is 89.0 Å². The van der Waals surface area contributed by atoms with Gasteiger partial charge in [-0.25, -0.2) is 0 Å². The van der Waals surface area contributed by atoms with E-state index in [2.05, 4.69) is 11.8 Å². The molecule has 1 atom stereocenters. The monoisotopic (exact) mass is 399 g/mol. The van der Waals surface area contributed by atoms with Crippen LogP contribution in [0.4, 0.5) is 5.69 Å². The molecular formula is C25H21NO4. The Morgan fingerprint density at radius 3 is 2.80 bits per heavy atom. The molecule has 1 aliphatic rings. The van der Waals surface area contributed by atoms with Gasteiger partial charge in [0, 0.05) is 34.4 Å². The van der Waals surface area contributed by atoms with Gasteiger partial charge in [0.1, 0.15) is 18.1 Å². The maximum Gasteiger partial charge on any atom is 0.304 e. The zero-order chi connectivity index (χ0) is 20.9. The van der Waals surface area contributed by atoms with Crippen LogP contribution in [0.2, 0.25) is 0 Å². The number of ether oxygens (including phenoxy) is 2. The van der Waals surface area contributed by atoms with Gasteiger partial charge >= 0.3 is 5.97 Å². The summed E-state index contributed by atoms with van der Waals surface area (Å²) in [5.41, 5.74) is 10.2. The summed E-state index contributed by atoms with van der Waals surface area (Å²) >= 11 is 0. The van der Waals surface area contributed by atoms with E-state index in [9.17, 15) is 4.79 Å². The first-order chi connectivity index (χ1) is 14.6. The summed E-state index contributed by atoms with van der Waals surface area (Å²) in [6.07, 6.45) is 0.0651. The Hall–Kier alpha value is -3.91. The first-order valence-corrected chi connectivity index (χ1v) is 9.65. The molecule has 0 saturated heterocycles. The van der Waals surface area contributed by atoms with Crippen molar-refractivity contribution < 1.29 is 19.4 Å². The van der Waals surface area contributed by atoms with Crippen LogP contribution in [0.15, 0.2) is 66.7 Å². The summed E-state index contributed by atoms with van der Waals surface area (Å²) in [5.74, 6) is 6.68. The number of anilines is 1. The number of rotatable bonds is 5. The molecule has 3 N–H and O–H groups in total. The maximum atomic E-state index is 11.0. The largest absolute Gasteiger partial charge is 0.492 e. The molecule has 0 saturated carbocycles. The van der Waals surface area contributed by atoms with Crippen LogP contribution in [-0.4, -0.2) is 17.7 Å². The van der Waals surface area contributed by atoms with Crippen molar-refractivity contribution >= 4 is 11.7 Å². The molecule has 1 aliphatic heterocycles. The van der Waals surface area contributed by atoms with Crippen molar-refractivity contribution in [2.24, 2.45) is 0 Å². The molecule has 150 valence electrons. The summed E-state index contributed by atoms with van der Waals surface area (Å²) in [7, 11) is 0. The molecule has 3 aromatic rings. The Kier molecular flexibility index (Phi) is 5.58. The number of para-hydroxylation sites is 1. The van der Waals surface area contributed by atoms with Gasteiger partial charge in [0.05, 0.1) is 13.0 Å². The Morgan fingerprint density at radius 1 is 1.10 bits per heavy atom. The number of hydrogen-bond donors (Lipinski definition) is 2.